The molecule has 1 N–H and O–H groups in total. The van der Waals surface area contributed by atoms with Gasteiger partial charge in [-0.3, -0.25) is 0 Å². The van der Waals surface area contributed by atoms with Crippen LogP contribution in [0.15, 0.2) is 18.2 Å². The molecule has 0 bridgehead atoms. The fraction of sp³-hybridized carbons (Fsp3) is 0.538. The molecule has 3 nitrogen and oxygen atoms in total. The van der Waals surface area contributed by atoms with Gasteiger partial charge < -0.3 is 14.8 Å². The summed E-state index contributed by atoms with van der Waals surface area (Å²) >= 11 is 0. The van der Waals surface area contributed by atoms with Gasteiger partial charge in [-0.05, 0) is 26.5 Å². The summed E-state index contributed by atoms with van der Waals surface area (Å²) in [7, 11) is 3.61. The first-order valence-electron chi connectivity index (χ1n) is 5.71. The van der Waals surface area contributed by atoms with E-state index in [-0.39, 0.29) is 6.04 Å². The van der Waals surface area contributed by atoms with Crippen LogP contribution in [0.3, 0.4) is 0 Å². The van der Waals surface area contributed by atoms with Gasteiger partial charge in [-0.2, -0.15) is 0 Å². The number of benzene rings is 1. The molecule has 1 atom stereocenters. The molecule has 0 spiro atoms. The van der Waals surface area contributed by atoms with Gasteiger partial charge in [0.1, 0.15) is 11.5 Å². The van der Waals surface area contributed by atoms with Crippen LogP contribution in [0.25, 0.3) is 0 Å². The highest BCUT2D eigenvalue weighted by Crippen LogP contribution is 2.29. The lowest BCUT2D eigenvalue weighted by atomic mass is 10.1. The summed E-state index contributed by atoms with van der Waals surface area (Å²) in [5.74, 6) is 1.74. The Labute approximate surface area is 97.8 Å². The van der Waals surface area contributed by atoms with Crippen LogP contribution in [0.4, 0.5) is 0 Å². The number of hydrogen-bond donors (Lipinski definition) is 1. The van der Waals surface area contributed by atoms with Crippen molar-refractivity contribution in [2.45, 2.75) is 26.3 Å². The van der Waals surface area contributed by atoms with Crippen molar-refractivity contribution in [2.24, 2.45) is 0 Å². The van der Waals surface area contributed by atoms with E-state index in [4.69, 9.17) is 9.47 Å². The first-order chi connectivity index (χ1) is 7.72. The van der Waals surface area contributed by atoms with Crippen molar-refractivity contribution >= 4 is 0 Å². The zero-order valence-corrected chi connectivity index (χ0v) is 10.5. The molecule has 1 aromatic carbocycles. The average Bonchev–Trinajstić information content (AvgIpc) is 2.34. The molecule has 0 saturated heterocycles. The molecule has 0 amide bonds. The number of nitrogens with one attached hydrogen (secondary N) is 1. The Balaban J connectivity index is 2.96. The minimum Gasteiger partial charge on any atom is -0.497 e. The zero-order valence-electron chi connectivity index (χ0n) is 10.5. The maximum atomic E-state index is 5.73. The Morgan fingerprint density at radius 1 is 1.38 bits per heavy atom. The number of hydrogen-bond acceptors (Lipinski definition) is 3. The zero-order chi connectivity index (χ0) is 12.0. The van der Waals surface area contributed by atoms with Gasteiger partial charge in [0, 0.05) is 17.7 Å². The van der Waals surface area contributed by atoms with Gasteiger partial charge in [0.2, 0.25) is 0 Å². The van der Waals surface area contributed by atoms with Crippen LogP contribution in [0.2, 0.25) is 0 Å². The molecule has 0 fully saturated rings. The predicted octanol–water partition coefficient (Wildman–Crippen LogP) is 2.76. The lowest BCUT2D eigenvalue weighted by molar-refractivity contribution is 0.308. The van der Waals surface area contributed by atoms with Crippen molar-refractivity contribution in [3.05, 3.63) is 23.8 Å². The number of ether oxygens (including phenoxy) is 2. The Morgan fingerprint density at radius 2 is 2.12 bits per heavy atom. The van der Waals surface area contributed by atoms with E-state index in [1.165, 1.54) is 0 Å². The second-order valence-electron chi connectivity index (χ2n) is 3.76. The predicted molar refractivity (Wildman–Crippen MR) is 66.3 cm³/mol. The third-order valence-corrected chi connectivity index (χ3v) is 2.58. The monoisotopic (exact) mass is 223 g/mol. The van der Waals surface area contributed by atoms with Crippen LogP contribution in [0.1, 0.15) is 31.9 Å². The summed E-state index contributed by atoms with van der Waals surface area (Å²) in [6, 6.07) is 6.23. The lowest BCUT2D eigenvalue weighted by Gasteiger charge is -2.17. The molecule has 90 valence electrons. The second-order valence-corrected chi connectivity index (χ2v) is 3.76. The lowest BCUT2D eigenvalue weighted by Crippen LogP contribution is -2.14. The third kappa shape index (κ3) is 3.14. The standard InChI is InChI=1S/C13H21NO2/c1-5-8-16-13-9-11(15-4)6-7-12(13)10(2)14-3/h6-7,9-10,14H,5,8H2,1-4H3. The number of methoxy groups -OCH3 is 1. The van der Waals surface area contributed by atoms with Crippen LogP contribution in [0.5, 0.6) is 11.5 Å². The molecule has 0 aromatic heterocycles. The molecule has 16 heavy (non-hydrogen) atoms. The normalized spacial score (nSPS) is 12.2. The highest BCUT2D eigenvalue weighted by Gasteiger charge is 2.11. The van der Waals surface area contributed by atoms with E-state index in [2.05, 4.69) is 19.2 Å². The minimum absolute atomic E-state index is 0.276. The van der Waals surface area contributed by atoms with E-state index in [1.54, 1.807) is 7.11 Å². The topological polar surface area (TPSA) is 30.5 Å². The third-order valence-electron chi connectivity index (χ3n) is 2.58. The van der Waals surface area contributed by atoms with Crippen molar-refractivity contribution < 1.29 is 9.47 Å². The molecule has 0 radical (unpaired) electrons. The van der Waals surface area contributed by atoms with Crippen molar-refractivity contribution in [1.29, 1.82) is 0 Å². The van der Waals surface area contributed by atoms with E-state index in [0.717, 1.165) is 30.1 Å². The molecule has 0 heterocycles. The average molecular weight is 223 g/mol. The molecule has 0 aliphatic heterocycles. The van der Waals surface area contributed by atoms with Crippen molar-refractivity contribution in [3.8, 4) is 11.5 Å². The fourth-order valence-electron chi connectivity index (χ4n) is 1.49. The quantitative estimate of drug-likeness (QED) is 0.804. The first kappa shape index (κ1) is 12.8. The summed E-state index contributed by atoms with van der Waals surface area (Å²) < 4.78 is 10.9. The van der Waals surface area contributed by atoms with Crippen molar-refractivity contribution in [2.75, 3.05) is 20.8 Å². The molecule has 1 aromatic rings. The summed E-state index contributed by atoms with van der Waals surface area (Å²) in [5.41, 5.74) is 1.16. The second kappa shape index (κ2) is 6.38. The van der Waals surface area contributed by atoms with Crippen molar-refractivity contribution in [3.63, 3.8) is 0 Å². The Bertz CT molecular complexity index is 326. The summed E-state index contributed by atoms with van der Waals surface area (Å²) in [4.78, 5) is 0. The smallest absolute Gasteiger partial charge is 0.127 e. The Kier molecular flexibility index (Phi) is 5.12. The molecule has 0 aliphatic rings. The van der Waals surface area contributed by atoms with Crippen LogP contribution in [0, 0.1) is 0 Å². The molecule has 1 rings (SSSR count). The molecular formula is C13H21NO2. The highest BCUT2D eigenvalue weighted by molar-refractivity contribution is 5.42. The maximum Gasteiger partial charge on any atom is 0.127 e. The summed E-state index contributed by atoms with van der Waals surface area (Å²) in [5, 5.41) is 3.21. The van der Waals surface area contributed by atoms with E-state index >= 15 is 0 Å². The minimum atomic E-state index is 0.276. The van der Waals surface area contributed by atoms with E-state index < -0.39 is 0 Å². The number of rotatable bonds is 6. The largest absolute Gasteiger partial charge is 0.497 e. The molecule has 0 saturated carbocycles. The molecular weight excluding hydrogens is 202 g/mol. The molecule has 3 heteroatoms. The van der Waals surface area contributed by atoms with Crippen molar-refractivity contribution in [1.82, 2.24) is 5.32 Å². The van der Waals surface area contributed by atoms with Crippen LogP contribution >= 0.6 is 0 Å². The van der Waals surface area contributed by atoms with Gasteiger partial charge in [-0.1, -0.05) is 13.0 Å². The van der Waals surface area contributed by atoms with Gasteiger partial charge in [0.05, 0.1) is 13.7 Å². The van der Waals surface area contributed by atoms with E-state index in [1.807, 2.05) is 25.2 Å². The Hall–Kier alpha value is -1.22. The SMILES string of the molecule is CCCOc1cc(OC)ccc1C(C)NC. The maximum absolute atomic E-state index is 5.73. The van der Waals surface area contributed by atoms with E-state index in [9.17, 15) is 0 Å². The first-order valence-corrected chi connectivity index (χ1v) is 5.71. The van der Waals surface area contributed by atoms with Crippen LogP contribution in [-0.2, 0) is 0 Å². The van der Waals surface area contributed by atoms with Gasteiger partial charge in [-0.15, -0.1) is 0 Å². The van der Waals surface area contributed by atoms with Crippen LogP contribution in [-0.4, -0.2) is 20.8 Å². The summed E-state index contributed by atoms with van der Waals surface area (Å²) in [6.07, 6.45) is 1.00. The Morgan fingerprint density at radius 3 is 2.69 bits per heavy atom. The fourth-order valence-corrected chi connectivity index (χ4v) is 1.49. The van der Waals surface area contributed by atoms with Gasteiger partial charge in [0.15, 0.2) is 0 Å². The van der Waals surface area contributed by atoms with E-state index in [0.29, 0.717) is 0 Å². The molecule has 0 aliphatic carbocycles. The van der Waals surface area contributed by atoms with Gasteiger partial charge in [-0.25, -0.2) is 0 Å². The summed E-state index contributed by atoms with van der Waals surface area (Å²) in [6.45, 7) is 4.94. The van der Waals surface area contributed by atoms with Gasteiger partial charge in [0.25, 0.3) is 0 Å². The van der Waals surface area contributed by atoms with Gasteiger partial charge >= 0.3 is 0 Å². The van der Waals surface area contributed by atoms with Crippen LogP contribution < -0.4 is 14.8 Å². The molecule has 1 unspecified atom stereocenters. The highest BCUT2D eigenvalue weighted by atomic mass is 16.5.